The van der Waals surface area contributed by atoms with E-state index in [1.807, 2.05) is 24.3 Å². The van der Waals surface area contributed by atoms with E-state index in [1.165, 1.54) is 0 Å². The van der Waals surface area contributed by atoms with Crippen LogP contribution >= 0.6 is 23.5 Å². The van der Waals surface area contributed by atoms with E-state index in [1.54, 1.807) is 9.80 Å². The Kier molecular flexibility index (Phi) is 7.79. The van der Waals surface area contributed by atoms with Gasteiger partial charge in [-0.25, -0.2) is 0 Å². The van der Waals surface area contributed by atoms with Gasteiger partial charge in [0.2, 0.25) is 10.2 Å². The minimum absolute atomic E-state index is 0.0979. The van der Waals surface area contributed by atoms with E-state index >= 15 is 0 Å². The lowest BCUT2D eigenvalue weighted by molar-refractivity contribution is -0.113. The summed E-state index contributed by atoms with van der Waals surface area (Å²) in [5, 5.41) is -0.283. The largest absolute Gasteiger partial charge is 0.308 e. The number of carbonyl (C=O) groups excluding carboxylic acids is 4. The number of unbranched alkanes of at least 4 members (excludes halogenated alkanes) is 6. The van der Waals surface area contributed by atoms with Crippen LogP contribution in [-0.4, -0.2) is 35.1 Å². The summed E-state index contributed by atoms with van der Waals surface area (Å²) in [5.74, 6) is -0.294. The van der Waals surface area contributed by atoms with Crippen LogP contribution in [0, 0.1) is 0 Å². The summed E-state index contributed by atoms with van der Waals surface area (Å²) in [6.07, 6.45) is 8.15. The molecule has 216 valence electrons. The molecule has 2 aromatic rings. The van der Waals surface area contributed by atoms with Gasteiger partial charge in [-0.2, -0.15) is 0 Å². The number of rotatable bonds is 10. The standard InChI is InChI=1S/C34H34N2O4S2/c1-5-7-9-11-13-35-25-16-23-26(15-21(25)19(3)31(35)37)36(14-12-10-8-6-2)32(38)29(23)30-24-18-27-22(20(4)33(39)41-27)17-28(24)42-34(30)40/h15-18H,3-14H2,1-2H3/b30-29+. The first-order valence-electron chi connectivity index (χ1n) is 14.8. The Balaban J connectivity index is 1.49. The van der Waals surface area contributed by atoms with Crippen molar-refractivity contribution in [2.45, 2.75) is 75.0 Å². The van der Waals surface area contributed by atoms with Crippen LogP contribution in [-0.2, 0) is 19.2 Å². The van der Waals surface area contributed by atoms with Crippen LogP contribution in [0.15, 0.2) is 47.2 Å². The van der Waals surface area contributed by atoms with E-state index in [-0.39, 0.29) is 22.0 Å². The number of anilines is 2. The van der Waals surface area contributed by atoms with Crippen molar-refractivity contribution in [3.8, 4) is 0 Å². The third kappa shape index (κ3) is 4.60. The third-order valence-corrected chi connectivity index (χ3v) is 10.4. The summed E-state index contributed by atoms with van der Waals surface area (Å²) < 4.78 is 0. The van der Waals surface area contributed by atoms with Crippen molar-refractivity contribution < 1.29 is 19.2 Å². The van der Waals surface area contributed by atoms with Crippen LogP contribution in [0.25, 0.3) is 22.3 Å². The molecule has 0 spiro atoms. The Morgan fingerprint density at radius 3 is 1.79 bits per heavy atom. The molecule has 0 radical (unpaired) electrons. The monoisotopic (exact) mass is 598 g/mol. The molecule has 4 heterocycles. The quantitative estimate of drug-likeness (QED) is 0.206. The molecular weight excluding hydrogens is 565 g/mol. The van der Waals surface area contributed by atoms with Crippen molar-refractivity contribution in [1.82, 2.24) is 0 Å². The molecule has 42 heavy (non-hydrogen) atoms. The zero-order valence-electron chi connectivity index (χ0n) is 24.1. The third-order valence-electron chi connectivity index (χ3n) is 8.51. The lowest BCUT2D eigenvalue weighted by Gasteiger charge is -2.19. The van der Waals surface area contributed by atoms with Crippen molar-refractivity contribution >= 4 is 79.2 Å². The number of hydrogen-bond donors (Lipinski definition) is 0. The smallest absolute Gasteiger partial charge is 0.259 e. The Bertz CT molecular complexity index is 1640. The Morgan fingerprint density at radius 2 is 1.12 bits per heavy atom. The maximum absolute atomic E-state index is 14.2. The van der Waals surface area contributed by atoms with Gasteiger partial charge in [-0.05, 0) is 60.6 Å². The van der Waals surface area contributed by atoms with E-state index in [2.05, 4.69) is 27.0 Å². The summed E-state index contributed by atoms with van der Waals surface area (Å²) in [6.45, 7) is 13.5. The van der Waals surface area contributed by atoms with Crippen molar-refractivity contribution in [1.29, 1.82) is 0 Å². The predicted molar refractivity (Wildman–Crippen MR) is 172 cm³/mol. The van der Waals surface area contributed by atoms with Crippen molar-refractivity contribution in [3.63, 3.8) is 0 Å². The fraction of sp³-hybridized carbons (Fsp3) is 0.353. The molecule has 0 atom stereocenters. The Labute approximate surface area is 255 Å². The number of benzene rings is 2. The molecule has 0 fully saturated rings. The normalized spacial score (nSPS) is 18.9. The predicted octanol–water partition coefficient (Wildman–Crippen LogP) is 7.74. The van der Waals surface area contributed by atoms with E-state index in [4.69, 9.17) is 0 Å². The zero-order valence-corrected chi connectivity index (χ0v) is 25.8. The first-order chi connectivity index (χ1) is 20.3. The van der Waals surface area contributed by atoms with Crippen LogP contribution in [0.3, 0.4) is 0 Å². The highest BCUT2D eigenvalue weighted by atomic mass is 32.2. The molecule has 2 amide bonds. The topological polar surface area (TPSA) is 74.8 Å². The van der Waals surface area contributed by atoms with E-state index in [9.17, 15) is 19.2 Å². The van der Waals surface area contributed by atoms with E-state index in [0.29, 0.717) is 46.5 Å². The van der Waals surface area contributed by atoms with Gasteiger partial charge >= 0.3 is 0 Å². The van der Waals surface area contributed by atoms with Gasteiger partial charge in [0.25, 0.3) is 11.8 Å². The molecule has 0 aliphatic carbocycles. The van der Waals surface area contributed by atoms with E-state index in [0.717, 1.165) is 107 Å². The second-order valence-electron chi connectivity index (χ2n) is 11.3. The summed E-state index contributed by atoms with van der Waals surface area (Å²) in [4.78, 5) is 58.6. The Hall–Kier alpha value is -3.36. The molecule has 0 unspecified atom stereocenters. The first-order valence-corrected chi connectivity index (χ1v) is 16.5. The van der Waals surface area contributed by atoms with Crippen LogP contribution in [0.1, 0.15) is 87.5 Å². The number of amides is 2. The molecule has 0 saturated carbocycles. The lowest BCUT2D eigenvalue weighted by Crippen LogP contribution is -2.28. The highest BCUT2D eigenvalue weighted by Crippen LogP contribution is 2.54. The summed E-state index contributed by atoms with van der Waals surface area (Å²) >= 11 is 2.20. The number of nitrogens with zero attached hydrogens (tertiary/aromatic N) is 2. The van der Waals surface area contributed by atoms with Gasteiger partial charge in [-0.1, -0.05) is 65.5 Å². The van der Waals surface area contributed by atoms with Crippen LogP contribution in [0.2, 0.25) is 0 Å². The molecule has 0 N–H and O–H groups in total. The summed E-state index contributed by atoms with van der Waals surface area (Å²) in [5.41, 5.74) is 5.98. The average Bonchev–Trinajstić information content (AvgIpc) is 3.60. The highest BCUT2D eigenvalue weighted by Gasteiger charge is 2.43. The van der Waals surface area contributed by atoms with Gasteiger partial charge in [0, 0.05) is 56.3 Å². The fourth-order valence-electron chi connectivity index (χ4n) is 6.22. The van der Waals surface area contributed by atoms with Crippen LogP contribution in [0.5, 0.6) is 0 Å². The molecule has 8 heteroatoms. The van der Waals surface area contributed by atoms with E-state index < -0.39 is 0 Å². The number of thioether (sulfide) groups is 2. The number of carbonyl (C=O) groups is 4. The van der Waals surface area contributed by atoms with Gasteiger partial charge < -0.3 is 9.80 Å². The molecular formula is C34H34N2O4S2. The van der Waals surface area contributed by atoms with Gasteiger partial charge in [0.05, 0.1) is 22.5 Å². The van der Waals surface area contributed by atoms with Gasteiger partial charge in [-0.15, -0.1) is 0 Å². The lowest BCUT2D eigenvalue weighted by atomic mass is 9.93. The molecule has 0 aromatic heterocycles. The zero-order chi connectivity index (χ0) is 29.7. The SMILES string of the molecule is C=C1C(=O)Sc2cc3c(cc21)SC(=O)/C3=C1/C(=O)N(CCCCCC)c2cc3c(cc21)N(CCCCCC)C(=O)C3=C. The van der Waals surface area contributed by atoms with Crippen molar-refractivity contribution in [3.05, 3.63) is 59.7 Å². The maximum atomic E-state index is 14.2. The second kappa shape index (κ2) is 11.4. The molecule has 6 nitrogen and oxygen atoms in total. The molecule has 4 aliphatic rings. The minimum Gasteiger partial charge on any atom is -0.308 e. The summed E-state index contributed by atoms with van der Waals surface area (Å²) in [6, 6.07) is 7.57. The molecule has 0 bridgehead atoms. The number of fused-ring (bicyclic) bond motifs is 4. The van der Waals surface area contributed by atoms with Crippen LogP contribution in [0.4, 0.5) is 11.4 Å². The van der Waals surface area contributed by atoms with Gasteiger partial charge in [-0.3, -0.25) is 19.2 Å². The highest BCUT2D eigenvalue weighted by molar-refractivity contribution is 8.16. The molecule has 0 saturated heterocycles. The first kappa shape index (κ1) is 28.7. The second-order valence-corrected chi connectivity index (χ2v) is 13.3. The van der Waals surface area contributed by atoms with Crippen LogP contribution < -0.4 is 9.80 Å². The molecule has 2 aromatic carbocycles. The maximum Gasteiger partial charge on any atom is 0.259 e. The minimum atomic E-state index is -0.193. The van der Waals surface area contributed by atoms with Gasteiger partial charge in [0.15, 0.2) is 0 Å². The molecule has 4 aliphatic heterocycles. The molecule has 6 rings (SSSR count). The summed E-state index contributed by atoms with van der Waals surface area (Å²) in [7, 11) is 0. The van der Waals surface area contributed by atoms with Crippen molar-refractivity contribution in [2.24, 2.45) is 0 Å². The van der Waals surface area contributed by atoms with Crippen molar-refractivity contribution in [2.75, 3.05) is 22.9 Å². The Morgan fingerprint density at radius 1 is 0.571 bits per heavy atom. The average molecular weight is 599 g/mol. The number of hydrogen-bond acceptors (Lipinski definition) is 6. The fourth-order valence-corrected chi connectivity index (χ4v) is 8.08. The van der Waals surface area contributed by atoms with Gasteiger partial charge in [0.1, 0.15) is 0 Å².